The molecule has 0 radical (unpaired) electrons. The smallest absolute Gasteiger partial charge is 0.124 e. The molecule has 2 nitrogen and oxygen atoms in total. The Bertz CT molecular complexity index is 337. The molecule has 0 aromatic heterocycles. The topological polar surface area (TPSA) is 12.5 Å². The van der Waals surface area contributed by atoms with Gasteiger partial charge in [0, 0.05) is 5.56 Å². The molecule has 1 aromatic carbocycles. The normalized spacial score (nSPS) is 18.6. The summed E-state index contributed by atoms with van der Waals surface area (Å²) < 4.78 is 5.73. The molecule has 0 saturated heterocycles. The van der Waals surface area contributed by atoms with Crippen molar-refractivity contribution in [2.75, 3.05) is 19.7 Å². The highest BCUT2D eigenvalue weighted by Gasteiger charge is 2.27. The van der Waals surface area contributed by atoms with E-state index in [-0.39, 0.29) is 0 Å². The van der Waals surface area contributed by atoms with Crippen LogP contribution in [0, 0.1) is 0 Å². The van der Waals surface area contributed by atoms with E-state index in [1.807, 2.05) is 6.07 Å². The number of likely N-dealkylation sites (N-methyl/N-ethyl adjacent to an activating group) is 1. The Kier molecular flexibility index (Phi) is 3.83. The fourth-order valence-corrected chi connectivity index (χ4v) is 2.34. The molecule has 0 saturated carbocycles. The van der Waals surface area contributed by atoms with Crippen LogP contribution in [0.15, 0.2) is 24.3 Å². The first-order valence-electron chi connectivity index (χ1n) is 6.32. The first-order chi connectivity index (χ1) is 7.86. The van der Waals surface area contributed by atoms with E-state index >= 15 is 0 Å². The molecule has 1 aliphatic rings. The van der Waals surface area contributed by atoms with Gasteiger partial charge in [0.05, 0.1) is 6.04 Å². The average Bonchev–Trinajstić information content (AvgIpc) is 2.75. The van der Waals surface area contributed by atoms with E-state index in [9.17, 15) is 0 Å². The number of hydrogen-bond acceptors (Lipinski definition) is 2. The van der Waals surface area contributed by atoms with Crippen molar-refractivity contribution in [1.29, 1.82) is 0 Å². The third kappa shape index (κ3) is 2.22. The third-order valence-electron chi connectivity index (χ3n) is 3.32. The van der Waals surface area contributed by atoms with Crippen LogP contribution in [0.2, 0.25) is 0 Å². The molecule has 1 unspecified atom stereocenters. The summed E-state index contributed by atoms with van der Waals surface area (Å²) in [4.78, 5) is 2.52. The zero-order valence-electron chi connectivity index (χ0n) is 10.3. The molecule has 0 spiro atoms. The first kappa shape index (κ1) is 11.5. The highest BCUT2D eigenvalue weighted by molar-refractivity contribution is 5.39. The van der Waals surface area contributed by atoms with E-state index in [4.69, 9.17) is 4.74 Å². The lowest BCUT2D eigenvalue weighted by Crippen LogP contribution is -2.30. The maximum atomic E-state index is 5.73. The molecule has 1 aliphatic heterocycles. The van der Waals surface area contributed by atoms with Crippen LogP contribution < -0.4 is 4.74 Å². The van der Waals surface area contributed by atoms with Gasteiger partial charge in [0.2, 0.25) is 0 Å². The van der Waals surface area contributed by atoms with Gasteiger partial charge in [-0.25, -0.2) is 0 Å². The van der Waals surface area contributed by atoms with E-state index in [0.717, 1.165) is 18.9 Å². The van der Waals surface area contributed by atoms with Crippen molar-refractivity contribution in [3.05, 3.63) is 29.8 Å². The number of ether oxygens (including phenoxy) is 1. The van der Waals surface area contributed by atoms with Crippen molar-refractivity contribution < 1.29 is 4.74 Å². The largest absolute Gasteiger partial charge is 0.491 e. The number of benzene rings is 1. The predicted molar refractivity (Wildman–Crippen MR) is 66.8 cm³/mol. The molecule has 2 rings (SSSR count). The van der Waals surface area contributed by atoms with Gasteiger partial charge >= 0.3 is 0 Å². The lowest BCUT2D eigenvalue weighted by molar-refractivity contribution is 0.168. The Hall–Kier alpha value is -1.02. The van der Waals surface area contributed by atoms with Crippen molar-refractivity contribution in [3.63, 3.8) is 0 Å². The highest BCUT2D eigenvalue weighted by atomic mass is 16.5. The first-order valence-corrected chi connectivity index (χ1v) is 6.32. The van der Waals surface area contributed by atoms with Crippen LogP contribution in [0.3, 0.4) is 0 Å². The standard InChI is InChI=1S/C14H21NO/c1-3-5-10-15(4-2)13-11-16-14-9-7-6-8-12(13)14/h6-9,13H,3-5,10-11H2,1-2H3. The van der Waals surface area contributed by atoms with E-state index in [2.05, 4.69) is 36.9 Å². The van der Waals surface area contributed by atoms with Gasteiger partial charge in [-0.05, 0) is 25.6 Å². The molecular formula is C14H21NO. The molecule has 1 atom stereocenters. The Balaban J connectivity index is 2.10. The molecule has 16 heavy (non-hydrogen) atoms. The zero-order valence-corrected chi connectivity index (χ0v) is 10.3. The van der Waals surface area contributed by atoms with Crippen molar-refractivity contribution in [1.82, 2.24) is 4.90 Å². The van der Waals surface area contributed by atoms with Crippen LogP contribution >= 0.6 is 0 Å². The lowest BCUT2D eigenvalue weighted by atomic mass is 10.1. The maximum absolute atomic E-state index is 5.73. The summed E-state index contributed by atoms with van der Waals surface area (Å²) in [5.74, 6) is 1.07. The minimum absolute atomic E-state index is 0.466. The van der Waals surface area contributed by atoms with Crippen LogP contribution in [0.25, 0.3) is 0 Å². The number of fused-ring (bicyclic) bond motifs is 1. The van der Waals surface area contributed by atoms with Crippen LogP contribution in [0.1, 0.15) is 38.3 Å². The molecule has 0 bridgehead atoms. The second-order valence-electron chi connectivity index (χ2n) is 4.35. The molecule has 88 valence electrons. The van der Waals surface area contributed by atoms with E-state index in [1.165, 1.54) is 24.9 Å². The number of para-hydroxylation sites is 1. The number of hydrogen-bond donors (Lipinski definition) is 0. The van der Waals surface area contributed by atoms with Gasteiger partial charge in [-0.2, -0.15) is 0 Å². The predicted octanol–water partition coefficient (Wildman–Crippen LogP) is 3.24. The lowest BCUT2D eigenvalue weighted by Gasteiger charge is -2.26. The van der Waals surface area contributed by atoms with Gasteiger partial charge in [0.1, 0.15) is 12.4 Å². The van der Waals surface area contributed by atoms with Gasteiger partial charge in [-0.15, -0.1) is 0 Å². The summed E-state index contributed by atoms with van der Waals surface area (Å²) in [5, 5.41) is 0. The Labute approximate surface area is 98.2 Å². The molecule has 1 heterocycles. The molecule has 2 heteroatoms. The Morgan fingerprint density at radius 2 is 2.12 bits per heavy atom. The van der Waals surface area contributed by atoms with E-state index in [1.54, 1.807) is 0 Å². The molecule has 1 aromatic rings. The number of rotatable bonds is 5. The maximum Gasteiger partial charge on any atom is 0.124 e. The molecule has 0 fully saturated rings. The van der Waals surface area contributed by atoms with Gasteiger partial charge in [-0.3, -0.25) is 4.90 Å². The second kappa shape index (κ2) is 5.35. The number of unbranched alkanes of at least 4 members (excludes halogenated alkanes) is 1. The number of nitrogens with zero attached hydrogens (tertiary/aromatic N) is 1. The molecule has 0 aliphatic carbocycles. The van der Waals surface area contributed by atoms with Gasteiger partial charge < -0.3 is 4.74 Å². The van der Waals surface area contributed by atoms with Crippen LogP contribution in [0.4, 0.5) is 0 Å². The summed E-state index contributed by atoms with van der Waals surface area (Å²) in [6, 6.07) is 8.88. The zero-order chi connectivity index (χ0) is 11.4. The monoisotopic (exact) mass is 219 g/mol. The van der Waals surface area contributed by atoms with Gasteiger partial charge in [0.25, 0.3) is 0 Å². The minimum atomic E-state index is 0.466. The van der Waals surface area contributed by atoms with E-state index < -0.39 is 0 Å². The quantitative estimate of drug-likeness (QED) is 0.753. The molecule has 0 N–H and O–H groups in total. The average molecular weight is 219 g/mol. The fourth-order valence-electron chi connectivity index (χ4n) is 2.34. The van der Waals surface area contributed by atoms with Gasteiger partial charge in [-0.1, -0.05) is 38.5 Å². The summed E-state index contributed by atoms with van der Waals surface area (Å²) in [5.41, 5.74) is 1.36. The summed E-state index contributed by atoms with van der Waals surface area (Å²) in [7, 11) is 0. The molecule has 0 amide bonds. The highest BCUT2D eigenvalue weighted by Crippen LogP contribution is 2.35. The minimum Gasteiger partial charge on any atom is -0.491 e. The Morgan fingerprint density at radius 3 is 2.88 bits per heavy atom. The van der Waals surface area contributed by atoms with Crippen molar-refractivity contribution in [2.45, 2.75) is 32.7 Å². The van der Waals surface area contributed by atoms with Crippen molar-refractivity contribution in [3.8, 4) is 5.75 Å². The summed E-state index contributed by atoms with van der Waals surface area (Å²) in [6.45, 7) is 7.57. The summed E-state index contributed by atoms with van der Waals surface area (Å²) >= 11 is 0. The SMILES string of the molecule is CCCCN(CC)C1COc2ccccc21. The van der Waals surface area contributed by atoms with Crippen molar-refractivity contribution in [2.24, 2.45) is 0 Å². The van der Waals surface area contributed by atoms with Gasteiger partial charge in [0.15, 0.2) is 0 Å². The second-order valence-corrected chi connectivity index (χ2v) is 4.35. The third-order valence-corrected chi connectivity index (χ3v) is 3.32. The van der Waals surface area contributed by atoms with Crippen molar-refractivity contribution >= 4 is 0 Å². The molecular weight excluding hydrogens is 198 g/mol. The van der Waals surface area contributed by atoms with Crippen LogP contribution in [0.5, 0.6) is 5.75 Å². The van der Waals surface area contributed by atoms with E-state index in [0.29, 0.717) is 6.04 Å². The fraction of sp³-hybridized carbons (Fsp3) is 0.571. The summed E-state index contributed by atoms with van der Waals surface area (Å²) in [6.07, 6.45) is 2.53. The van der Waals surface area contributed by atoms with Crippen LogP contribution in [-0.2, 0) is 0 Å². The van der Waals surface area contributed by atoms with Crippen LogP contribution in [-0.4, -0.2) is 24.6 Å². The Morgan fingerprint density at radius 1 is 1.31 bits per heavy atom.